The lowest BCUT2D eigenvalue weighted by Gasteiger charge is -2.39. The molecule has 1 aromatic heterocycles. The van der Waals surface area contributed by atoms with Gasteiger partial charge in [0.05, 0.1) is 5.52 Å². The first-order valence-electron chi connectivity index (χ1n) is 16.2. The number of hydrogen-bond donors (Lipinski definition) is 3. The number of nitrogens with one attached hydrogen (secondary N) is 3. The Bertz CT molecular complexity index is 1380. The van der Waals surface area contributed by atoms with Crippen LogP contribution >= 0.6 is 0 Å². The average Bonchev–Trinajstić information content (AvgIpc) is 3.04. The minimum absolute atomic E-state index is 0.195. The van der Waals surface area contributed by atoms with E-state index in [1.807, 2.05) is 52.0 Å². The number of Topliss-reactive ketones (excluding diaryl/α,β-unsaturated/α-hetero) is 1. The standard InChI is InChI=1S/C34H47N5O5/c1-5-21(3)29-34(44)39-19-13-12-18-28(39)32(42)36-27(17-9-7-8-14-23(40)6-2)31(41)38-30(33(43)37-29)25-20-35-26-16-11-10-15-24(26)22(25)4/h10-11,15-16,20-21,27-30H,5-9,12-14,17-19H2,1-4H3,(H,36,42)(H,37,43)(H,38,41)/t21?,27-,28+,29-,30+/m0/s1. The highest BCUT2D eigenvalue weighted by Gasteiger charge is 2.41. The minimum Gasteiger partial charge on any atom is -0.343 e. The Morgan fingerprint density at radius 2 is 1.75 bits per heavy atom. The number of unbranched alkanes of at least 4 members (excludes halogenated alkanes) is 2. The Balaban J connectivity index is 1.71. The van der Waals surface area contributed by atoms with Crippen LogP contribution in [-0.4, -0.2) is 64.0 Å². The van der Waals surface area contributed by atoms with Gasteiger partial charge in [0.2, 0.25) is 23.6 Å². The molecule has 238 valence electrons. The molecule has 0 radical (unpaired) electrons. The molecule has 2 aromatic rings. The fourth-order valence-electron chi connectivity index (χ4n) is 6.24. The number of carbonyl (C=O) groups is 5. The SMILES string of the molecule is CCC(=O)CCCCC[C@@H]1NC(=O)[C@H]2CCCCN2C(=O)[C@H](C(C)CC)NC(=O)[C@@H](c2cnc3ccccc3c2C)NC1=O. The van der Waals surface area contributed by atoms with Gasteiger partial charge in [-0.2, -0.15) is 0 Å². The quantitative estimate of drug-likeness (QED) is 0.350. The van der Waals surface area contributed by atoms with Crippen LogP contribution in [0.5, 0.6) is 0 Å². The molecule has 5 atom stereocenters. The van der Waals surface area contributed by atoms with E-state index in [-0.39, 0.29) is 23.5 Å². The lowest BCUT2D eigenvalue weighted by atomic mass is 9.92. The summed E-state index contributed by atoms with van der Waals surface area (Å²) >= 11 is 0. The maximum Gasteiger partial charge on any atom is 0.247 e. The molecular formula is C34H47N5O5. The van der Waals surface area contributed by atoms with Gasteiger partial charge in [0.25, 0.3) is 0 Å². The summed E-state index contributed by atoms with van der Waals surface area (Å²) in [4.78, 5) is 73.7. The van der Waals surface area contributed by atoms with Crippen LogP contribution in [0.4, 0.5) is 0 Å². The second-order valence-electron chi connectivity index (χ2n) is 12.3. The number of rotatable bonds is 10. The number of fused-ring (bicyclic) bond motifs is 2. The number of ketones is 1. The normalized spacial score (nSPS) is 24.0. The van der Waals surface area contributed by atoms with Gasteiger partial charge in [0.1, 0.15) is 30.0 Å². The van der Waals surface area contributed by atoms with Crippen LogP contribution in [0.2, 0.25) is 0 Å². The molecule has 3 N–H and O–H groups in total. The molecule has 0 saturated carbocycles. The minimum atomic E-state index is -1.13. The van der Waals surface area contributed by atoms with E-state index < -0.39 is 36.0 Å². The van der Waals surface area contributed by atoms with Crippen molar-refractivity contribution < 1.29 is 24.0 Å². The number of pyridine rings is 1. The zero-order valence-corrected chi connectivity index (χ0v) is 26.5. The van der Waals surface area contributed by atoms with E-state index in [1.54, 1.807) is 11.1 Å². The van der Waals surface area contributed by atoms with Crippen molar-refractivity contribution in [3.8, 4) is 0 Å². The molecule has 2 aliphatic rings. The largest absolute Gasteiger partial charge is 0.343 e. The second-order valence-corrected chi connectivity index (χ2v) is 12.3. The number of nitrogens with zero attached hydrogens (tertiary/aromatic N) is 2. The molecular weight excluding hydrogens is 558 g/mol. The first kappa shape index (κ1) is 33.1. The smallest absolute Gasteiger partial charge is 0.247 e. The number of hydrogen-bond acceptors (Lipinski definition) is 6. The second kappa shape index (κ2) is 15.3. The summed E-state index contributed by atoms with van der Waals surface area (Å²) in [5, 5.41) is 9.71. The molecule has 2 saturated heterocycles. The molecule has 0 bridgehead atoms. The van der Waals surface area contributed by atoms with Gasteiger partial charge in [0, 0.05) is 36.5 Å². The van der Waals surface area contributed by atoms with Gasteiger partial charge in [-0.1, -0.05) is 58.2 Å². The fourth-order valence-corrected chi connectivity index (χ4v) is 6.24. The van der Waals surface area contributed by atoms with Gasteiger partial charge in [-0.05, 0) is 56.6 Å². The molecule has 10 heteroatoms. The number of piperidine rings is 1. The molecule has 10 nitrogen and oxygen atoms in total. The Labute approximate surface area is 260 Å². The third kappa shape index (κ3) is 7.63. The average molecular weight is 606 g/mol. The molecule has 3 heterocycles. The highest BCUT2D eigenvalue weighted by Crippen LogP contribution is 2.27. The highest BCUT2D eigenvalue weighted by molar-refractivity contribution is 5.98. The zero-order valence-electron chi connectivity index (χ0n) is 26.5. The van der Waals surface area contributed by atoms with Gasteiger partial charge in [-0.15, -0.1) is 0 Å². The molecule has 0 aliphatic carbocycles. The summed E-state index contributed by atoms with van der Waals surface area (Å²) in [6, 6.07) is 4.00. The summed E-state index contributed by atoms with van der Waals surface area (Å²) in [5.41, 5.74) is 2.09. The van der Waals surface area contributed by atoms with E-state index in [4.69, 9.17) is 0 Å². The van der Waals surface area contributed by atoms with E-state index in [1.165, 1.54) is 0 Å². The van der Waals surface area contributed by atoms with E-state index in [0.29, 0.717) is 57.1 Å². The Morgan fingerprint density at radius 3 is 2.50 bits per heavy atom. The number of para-hydroxylation sites is 1. The van der Waals surface area contributed by atoms with Crippen molar-refractivity contribution in [2.24, 2.45) is 5.92 Å². The Hall–Kier alpha value is -3.82. The molecule has 2 aliphatic heterocycles. The van der Waals surface area contributed by atoms with E-state index in [9.17, 15) is 24.0 Å². The van der Waals surface area contributed by atoms with Crippen molar-refractivity contribution in [3.05, 3.63) is 41.6 Å². The first-order chi connectivity index (χ1) is 21.2. The molecule has 2 fully saturated rings. The Kier molecular flexibility index (Phi) is 11.5. The van der Waals surface area contributed by atoms with Crippen molar-refractivity contribution in [1.82, 2.24) is 25.8 Å². The van der Waals surface area contributed by atoms with Crippen LogP contribution in [0, 0.1) is 12.8 Å². The van der Waals surface area contributed by atoms with Crippen LogP contribution < -0.4 is 16.0 Å². The lowest BCUT2D eigenvalue weighted by Crippen LogP contribution is -2.62. The molecule has 4 rings (SSSR count). The predicted molar refractivity (Wildman–Crippen MR) is 168 cm³/mol. The van der Waals surface area contributed by atoms with E-state index >= 15 is 0 Å². The van der Waals surface area contributed by atoms with Crippen molar-refractivity contribution in [1.29, 1.82) is 0 Å². The number of benzene rings is 1. The van der Waals surface area contributed by atoms with Crippen molar-refractivity contribution >= 4 is 40.3 Å². The number of amides is 4. The summed E-state index contributed by atoms with van der Waals surface area (Å²) in [6.45, 7) is 8.02. The third-order valence-electron chi connectivity index (χ3n) is 9.28. The van der Waals surface area contributed by atoms with Crippen LogP contribution in [0.25, 0.3) is 10.9 Å². The molecule has 4 amide bonds. The van der Waals surface area contributed by atoms with Crippen LogP contribution in [0.1, 0.15) is 102 Å². The molecule has 1 unspecified atom stereocenters. The zero-order chi connectivity index (χ0) is 31.8. The van der Waals surface area contributed by atoms with Gasteiger partial charge in [-0.25, -0.2) is 0 Å². The molecule has 0 spiro atoms. The summed E-state index contributed by atoms with van der Waals surface area (Å²) in [6.07, 6.45) is 7.70. The van der Waals surface area contributed by atoms with Gasteiger partial charge < -0.3 is 20.9 Å². The maximum atomic E-state index is 14.1. The van der Waals surface area contributed by atoms with Crippen molar-refractivity contribution in [2.45, 2.75) is 116 Å². The first-order valence-corrected chi connectivity index (χ1v) is 16.2. The highest BCUT2D eigenvalue weighted by atomic mass is 16.2. The van der Waals surface area contributed by atoms with Gasteiger partial charge in [-0.3, -0.25) is 29.0 Å². The lowest BCUT2D eigenvalue weighted by molar-refractivity contribution is -0.147. The molecule has 44 heavy (non-hydrogen) atoms. The Morgan fingerprint density at radius 1 is 0.977 bits per heavy atom. The van der Waals surface area contributed by atoms with Gasteiger partial charge in [0.15, 0.2) is 0 Å². The summed E-state index contributed by atoms with van der Waals surface area (Å²) < 4.78 is 0. The fraction of sp³-hybridized carbons (Fsp3) is 0.588. The van der Waals surface area contributed by atoms with Crippen molar-refractivity contribution in [3.63, 3.8) is 0 Å². The van der Waals surface area contributed by atoms with Crippen LogP contribution in [0.15, 0.2) is 30.5 Å². The van der Waals surface area contributed by atoms with E-state index in [2.05, 4.69) is 20.9 Å². The number of aromatic nitrogens is 1. The topological polar surface area (TPSA) is 138 Å². The third-order valence-corrected chi connectivity index (χ3v) is 9.28. The van der Waals surface area contributed by atoms with Crippen LogP contribution in [0.3, 0.4) is 0 Å². The number of carbonyl (C=O) groups excluding carboxylic acids is 5. The van der Waals surface area contributed by atoms with E-state index in [0.717, 1.165) is 35.7 Å². The van der Waals surface area contributed by atoms with Gasteiger partial charge >= 0.3 is 0 Å². The predicted octanol–water partition coefficient (Wildman–Crippen LogP) is 4.04. The summed E-state index contributed by atoms with van der Waals surface area (Å²) in [5.74, 6) is -1.58. The number of aryl methyl sites for hydroxylation is 1. The monoisotopic (exact) mass is 605 g/mol. The maximum absolute atomic E-state index is 14.1. The van der Waals surface area contributed by atoms with Crippen molar-refractivity contribution in [2.75, 3.05) is 6.54 Å². The summed E-state index contributed by atoms with van der Waals surface area (Å²) in [7, 11) is 0. The molecule has 1 aromatic carbocycles. The van der Waals surface area contributed by atoms with Crippen LogP contribution in [-0.2, 0) is 24.0 Å².